The lowest BCUT2D eigenvalue weighted by Gasteiger charge is -2.49. The van der Waals surface area contributed by atoms with Crippen LogP contribution in [0.1, 0.15) is 85.5 Å². The third-order valence-corrected chi connectivity index (χ3v) is 9.18. The van der Waals surface area contributed by atoms with E-state index < -0.39 is 0 Å². The van der Waals surface area contributed by atoms with Crippen molar-refractivity contribution in [2.24, 2.45) is 35.0 Å². The van der Waals surface area contributed by atoms with Crippen molar-refractivity contribution < 1.29 is 5.11 Å². The van der Waals surface area contributed by atoms with Crippen molar-refractivity contribution in [3.63, 3.8) is 0 Å². The Bertz CT molecular complexity index is 503. The molecule has 0 aromatic carbocycles. The zero-order valence-electron chi connectivity index (χ0n) is 20.2. The van der Waals surface area contributed by atoms with Gasteiger partial charge in [-0.25, -0.2) is 0 Å². The van der Waals surface area contributed by atoms with Gasteiger partial charge in [0.05, 0.1) is 0 Å². The molecule has 0 spiro atoms. The molecule has 2 N–H and O–H groups in total. The quantitative estimate of drug-likeness (QED) is 0.486. The van der Waals surface area contributed by atoms with E-state index in [0.717, 1.165) is 24.3 Å². The summed E-state index contributed by atoms with van der Waals surface area (Å²) in [5.41, 5.74) is 0.404. The third-order valence-electron chi connectivity index (χ3n) is 8.74. The second kappa shape index (κ2) is 11.3. The Hall–Kier alpha value is 0.170. The van der Waals surface area contributed by atoms with E-state index in [1.165, 1.54) is 77.4 Å². The van der Waals surface area contributed by atoms with E-state index in [9.17, 15) is 5.11 Å². The van der Waals surface area contributed by atoms with Gasteiger partial charge in [-0.3, -0.25) is 0 Å². The maximum Gasteiger partial charge on any atom is 0.0459 e. The number of halogens is 1. The average Bonchev–Trinajstić information content (AvgIpc) is 2.71. The largest absolute Gasteiger partial charge is 0.396 e. The molecule has 3 aliphatic rings. The van der Waals surface area contributed by atoms with Gasteiger partial charge in [-0.15, -0.1) is 11.6 Å². The number of aliphatic hydroxyl groups excluding tert-OH is 1. The summed E-state index contributed by atoms with van der Waals surface area (Å²) in [6.07, 6.45) is 11.5. The number of aliphatic hydroxyl groups is 1. The smallest absolute Gasteiger partial charge is 0.0459 e. The summed E-state index contributed by atoms with van der Waals surface area (Å²) < 4.78 is 0. The van der Waals surface area contributed by atoms with Crippen LogP contribution < -0.4 is 5.32 Å². The molecular formula is C26H49ClN2O. The summed E-state index contributed by atoms with van der Waals surface area (Å²) in [5.74, 6) is 3.69. The zero-order valence-corrected chi connectivity index (χ0v) is 21.0. The number of hydrogen-bond donors (Lipinski definition) is 2. The van der Waals surface area contributed by atoms with Crippen LogP contribution in [0.5, 0.6) is 0 Å². The molecule has 176 valence electrons. The number of nitrogens with one attached hydrogen (secondary N) is 1. The highest BCUT2D eigenvalue weighted by Gasteiger charge is 2.41. The molecule has 2 aliphatic carbocycles. The molecule has 1 aliphatic heterocycles. The molecule has 0 radical (unpaired) electrons. The van der Waals surface area contributed by atoms with E-state index >= 15 is 0 Å². The van der Waals surface area contributed by atoms with Gasteiger partial charge in [0.15, 0.2) is 0 Å². The molecular weight excluding hydrogens is 392 g/mol. The van der Waals surface area contributed by atoms with Crippen molar-refractivity contribution in [3.05, 3.63) is 0 Å². The van der Waals surface area contributed by atoms with Gasteiger partial charge < -0.3 is 15.3 Å². The summed E-state index contributed by atoms with van der Waals surface area (Å²) in [6.45, 7) is 15.0. The van der Waals surface area contributed by atoms with Crippen LogP contribution in [-0.4, -0.2) is 54.2 Å². The molecule has 3 rings (SSSR count). The van der Waals surface area contributed by atoms with Gasteiger partial charge >= 0.3 is 0 Å². The van der Waals surface area contributed by atoms with Crippen LogP contribution in [0.3, 0.4) is 0 Å². The van der Waals surface area contributed by atoms with Gasteiger partial charge in [0, 0.05) is 31.1 Å². The third kappa shape index (κ3) is 6.83. The van der Waals surface area contributed by atoms with Gasteiger partial charge in [-0.2, -0.15) is 0 Å². The van der Waals surface area contributed by atoms with E-state index in [-0.39, 0.29) is 0 Å². The van der Waals surface area contributed by atoms with Gasteiger partial charge in [-0.05, 0) is 99.5 Å². The fourth-order valence-electron chi connectivity index (χ4n) is 6.86. The van der Waals surface area contributed by atoms with Crippen molar-refractivity contribution in [2.45, 2.75) is 96.9 Å². The fraction of sp³-hybridized carbons (Fsp3) is 1.00. The number of rotatable bonds is 8. The van der Waals surface area contributed by atoms with E-state index in [4.69, 9.17) is 11.6 Å². The lowest BCUT2D eigenvalue weighted by atomic mass is 9.64. The molecule has 4 heteroatoms. The van der Waals surface area contributed by atoms with Crippen molar-refractivity contribution in [1.29, 1.82) is 0 Å². The molecule has 1 heterocycles. The standard InChI is InChI=1S/C26H49ClN2O/c1-19(2)25(28-15-20-6-5-7-21(14-20)17-30)16-29-13-12-24(26(3,4)18-29)22-8-10-23(27)11-9-22/h19-25,28,30H,5-18H2,1-4H3/t20?,21?,22?,23?,24?,25-/m0/s1. The van der Waals surface area contributed by atoms with Gasteiger partial charge in [-0.1, -0.05) is 34.1 Å². The second-order valence-electron chi connectivity index (χ2n) is 12.0. The molecule has 4 atom stereocenters. The first-order chi connectivity index (χ1) is 14.3. The Morgan fingerprint density at radius 2 is 1.73 bits per heavy atom. The van der Waals surface area contributed by atoms with Gasteiger partial charge in [0.2, 0.25) is 0 Å². The Morgan fingerprint density at radius 3 is 2.37 bits per heavy atom. The van der Waals surface area contributed by atoms with Crippen LogP contribution in [0.4, 0.5) is 0 Å². The van der Waals surface area contributed by atoms with E-state index in [2.05, 4.69) is 37.9 Å². The molecule has 0 bridgehead atoms. The second-order valence-corrected chi connectivity index (χ2v) is 12.6. The topological polar surface area (TPSA) is 35.5 Å². The van der Waals surface area contributed by atoms with Crippen LogP contribution >= 0.6 is 11.6 Å². The normalized spacial score (nSPS) is 36.7. The van der Waals surface area contributed by atoms with Gasteiger partial charge in [0.25, 0.3) is 0 Å². The molecule has 0 aromatic rings. The van der Waals surface area contributed by atoms with Gasteiger partial charge in [0.1, 0.15) is 0 Å². The summed E-state index contributed by atoms with van der Waals surface area (Å²) in [6, 6.07) is 0.568. The summed E-state index contributed by atoms with van der Waals surface area (Å²) >= 11 is 6.38. The lowest BCUT2D eigenvalue weighted by molar-refractivity contribution is 0.00449. The maximum atomic E-state index is 9.53. The average molecular weight is 441 g/mol. The highest BCUT2D eigenvalue weighted by Crippen LogP contribution is 2.45. The first-order valence-electron chi connectivity index (χ1n) is 13.0. The van der Waals surface area contributed by atoms with Crippen LogP contribution in [0, 0.1) is 35.0 Å². The summed E-state index contributed by atoms with van der Waals surface area (Å²) in [4.78, 5) is 2.75. The Balaban J connectivity index is 1.49. The van der Waals surface area contributed by atoms with Crippen LogP contribution in [0.2, 0.25) is 0 Å². The number of hydrogen-bond acceptors (Lipinski definition) is 3. The van der Waals surface area contributed by atoms with E-state index in [0.29, 0.717) is 35.3 Å². The fourth-order valence-corrected chi connectivity index (χ4v) is 7.11. The lowest BCUT2D eigenvalue weighted by Crippen LogP contribution is -2.53. The SMILES string of the molecule is CC(C)[C@H](CN1CCC(C2CCC(Cl)CC2)C(C)(C)C1)NCC1CCCC(CO)C1. The Morgan fingerprint density at radius 1 is 1.03 bits per heavy atom. The molecule has 1 saturated heterocycles. The molecule has 30 heavy (non-hydrogen) atoms. The van der Waals surface area contributed by atoms with E-state index in [1.54, 1.807) is 0 Å². The molecule has 3 fully saturated rings. The predicted octanol–water partition coefficient (Wildman–Crippen LogP) is 5.55. The van der Waals surface area contributed by atoms with Crippen LogP contribution in [-0.2, 0) is 0 Å². The number of likely N-dealkylation sites (tertiary alicyclic amines) is 1. The van der Waals surface area contributed by atoms with Crippen LogP contribution in [0.25, 0.3) is 0 Å². The molecule has 3 unspecified atom stereocenters. The predicted molar refractivity (Wildman–Crippen MR) is 129 cm³/mol. The number of piperidine rings is 1. The minimum absolute atomic E-state index is 0.376. The number of alkyl halides is 1. The highest BCUT2D eigenvalue weighted by molar-refractivity contribution is 6.20. The Labute approximate surface area is 191 Å². The van der Waals surface area contributed by atoms with Crippen LogP contribution in [0.15, 0.2) is 0 Å². The van der Waals surface area contributed by atoms with E-state index in [1.807, 2.05) is 0 Å². The first-order valence-corrected chi connectivity index (χ1v) is 13.4. The summed E-state index contributed by atoms with van der Waals surface area (Å²) in [5, 5.41) is 13.9. The molecule has 2 saturated carbocycles. The summed E-state index contributed by atoms with van der Waals surface area (Å²) in [7, 11) is 0. The van der Waals surface area contributed by atoms with Crippen molar-refractivity contribution in [1.82, 2.24) is 10.2 Å². The molecule has 3 nitrogen and oxygen atoms in total. The van der Waals surface area contributed by atoms with Crippen molar-refractivity contribution in [2.75, 3.05) is 32.8 Å². The Kier molecular flexibility index (Phi) is 9.38. The monoisotopic (exact) mass is 440 g/mol. The maximum absolute atomic E-state index is 9.53. The molecule has 0 aromatic heterocycles. The van der Waals surface area contributed by atoms with Crippen molar-refractivity contribution >= 4 is 11.6 Å². The minimum atomic E-state index is 0.376. The van der Waals surface area contributed by atoms with Crippen molar-refractivity contribution in [3.8, 4) is 0 Å². The highest BCUT2D eigenvalue weighted by atomic mass is 35.5. The zero-order chi connectivity index (χ0) is 21.7. The first kappa shape index (κ1) is 24.8. The molecule has 0 amide bonds. The minimum Gasteiger partial charge on any atom is -0.396 e. The number of nitrogens with zero attached hydrogens (tertiary/aromatic N) is 1.